The monoisotopic (exact) mass is 346 g/mol. The van der Waals surface area contributed by atoms with Crippen LogP contribution in [-0.2, 0) is 11.8 Å². The molecule has 0 bridgehead atoms. The highest BCUT2D eigenvalue weighted by Crippen LogP contribution is 2.28. The molecule has 24 heavy (non-hydrogen) atoms. The number of nitrogens with zero attached hydrogens (tertiary/aromatic N) is 5. The van der Waals surface area contributed by atoms with Gasteiger partial charge in [0.2, 0.25) is 0 Å². The molecular weight excluding hydrogens is 328 g/mol. The van der Waals surface area contributed by atoms with Crippen LogP contribution in [0.15, 0.2) is 24.7 Å². The summed E-state index contributed by atoms with van der Waals surface area (Å²) < 4.78 is 7.99. The molecule has 0 saturated carbocycles. The first-order chi connectivity index (χ1) is 11.6. The first kappa shape index (κ1) is 16.7. The maximum atomic E-state index is 9.03. The van der Waals surface area contributed by atoms with Crippen LogP contribution < -0.4 is 5.32 Å². The molecule has 1 aliphatic heterocycles. The van der Waals surface area contributed by atoms with Crippen LogP contribution in [0.25, 0.3) is 0 Å². The predicted octanol–water partition coefficient (Wildman–Crippen LogP) is 1.82. The third-order valence-electron chi connectivity index (χ3n) is 4.20. The van der Waals surface area contributed by atoms with Crippen LogP contribution in [0.3, 0.4) is 0 Å². The van der Waals surface area contributed by atoms with Gasteiger partial charge in [-0.15, -0.1) is 0 Å². The SMILES string of the molecule is CN1CCO[C@@H](CNc2ccc(Cl)c(C#N)n2)[C@@H]1c1cncn1C. The molecule has 0 unspecified atom stereocenters. The fraction of sp³-hybridized carbons (Fsp3) is 0.438. The number of morpholine rings is 1. The van der Waals surface area contributed by atoms with E-state index in [1.165, 1.54) is 0 Å². The molecule has 2 aromatic rings. The minimum atomic E-state index is -0.0536. The minimum absolute atomic E-state index is 0.0536. The average molecular weight is 347 g/mol. The van der Waals surface area contributed by atoms with Gasteiger partial charge >= 0.3 is 0 Å². The van der Waals surface area contributed by atoms with Gasteiger partial charge in [-0.05, 0) is 19.2 Å². The van der Waals surface area contributed by atoms with Crippen molar-refractivity contribution in [1.29, 1.82) is 5.26 Å². The van der Waals surface area contributed by atoms with Gasteiger partial charge in [0.05, 0.1) is 35.8 Å². The van der Waals surface area contributed by atoms with Crippen molar-refractivity contribution in [2.45, 2.75) is 12.1 Å². The number of aryl methyl sites for hydroxylation is 1. The molecule has 8 heteroatoms. The van der Waals surface area contributed by atoms with Crippen LogP contribution in [0.5, 0.6) is 0 Å². The number of aromatic nitrogens is 3. The van der Waals surface area contributed by atoms with Crippen molar-refractivity contribution in [2.75, 3.05) is 32.1 Å². The molecule has 126 valence electrons. The molecule has 0 aromatic carbocycles. The van der Waals surface area contributed by atoms with Crippen molar-refractivity contribution < 1.29 is 4.74 Å². The number of imidazole rings is 1. The normalized spacial score (nSPS) is 21.4. The van der Waals surface area contributed by atoms with E-state index in [9.17, 15) is 0 Å². The van der Waals surface area contributed by atoms with Crippen LogP contribution in [0.1, 0.15) is 17.4 Å². The fourth-order valence-electron chi connectivity index (χ4n) is 2.93. The Labute approximate surface area is 145 Å². The van der Waals surface area contributed by atoms with E-state index in [1.807, 2.05) is 23.9 Å². The second kappa shape index (κ2) is 7.18. The Morgan fingerprint density at radius 1 is 1.46 bits per heavy atom. The molecule has 3 heterocycles. The number of pyridine rings is 1. The predicted molar refractivity (Wildman–Crippen MR) is 90.8 cm³/mol. The number of nitrogens with one attached hydrogen (secondary N) is 1. The summed E-state index contributed by atoms with van der Waals surface area (Å²) in [4.78, 5) is 10.7. The summed E-state index contributed by atoms with van der Waals surface area (Å²) in [6, 6.07) is 5.51. The summed E-state index contributed by atoms with van der Waals surface area (Å²) in [7, 11) is 4.07. The van der Waals surface area contributed by atoms with E-state index in [0.29, 0.717) is 24.0 Å². The lowest BCUT2D eigenvalue weighted by Crippen LogP contribution is -2.46. The van der Waals surface area contributed by atoms with E-state index >= 15 is 0 Å². The molecule has 0 aliphatic carbocycles. The Morgan fingerprint density at radius 3 is 3.00 bits per heavy atom. The lowest BCUT2D eigenvalue weighted by atomic mass is 10.0. The zero-order valence-corrected chi connectivity index (χ0v) is 14.4. The first-order valence-electron chi connectivity index (χ1n) is 7.68. The lowest BCUT2D eigenvalue weighted by molar-refractivity contribution is -0.0578. The number of rotatable bonds is 4. The van der Waals surface area contributed by atoms with Gasteiger partial charge in [-0.25, -0.2) is 9.97 Å². The summed E-state index contributed by atoms with van der Waals surface area (Å²) >= 11 is 5.92. The second-order valence-corrected chi connectivity index (χ2v) is 6.19. The molecule has 3 rings (SSSR count). The summed E-state index contributed by atoms with van der Waals surface area (Å²) in [6.07, 6.45) is 3.61. The van der Waals surface area contributed by atoms with Crippen LogP contribution in [-0.4, -0.2) is 52.3 Å². The molecule has 0 spiro atoms. The standard InChI is InChI=1S/C16H19ClN6O/c1-22-5-6-24-14(16(22)13-8-19-10-23(13)2)9-20-15-4-3-11(17)12(7-18)21-15/h3-4,8,10,14,16H,5-6,9H2,1-2H3,(H,20,21)/t14-,16-/m0/s1. The molecule has 1 N–H and O–H groups in total. The number of anilines is 1. The maximum absolute atomic E-state index is 9.03. The minimum Gasteiger partial charge on any atom is -0.373 e. The van der Waals surface area contributed by atoms with Gasteiger partial charge in [-0.1, -0.05) is 11.6 Å². The third kappa shape index (κ3) is 3.36. The van der Waals surface area contributed by atoms with Crippen molar-refractivity contribution in [3.05, 3.63) is 41.1 Å². The Bertz CT molecular complexity index is 755. The van der Waals surface area contributed by atoms with Gasteiger partial charge in [0.25, 0.3) is 0 Å². The molecule has 2 atom stereocenters. The summed E-state index contributed by atoms with van der Waals surface area (Å²) in [5, 5.41) is 12.6. The number of hydrogen-bond acceptors (Lipinski definition) is 6. The van der Waals surface area contributed by atoms with E-state index in [4.69, 9.17) is 21.6 Å². The van der Waals surface area contributed by atoms with Crippen LogP contribution in [0.4, 0.5) is 5.82 Å². The number of hydrogen-bond donors (Lipinski definition) is 1. The topological polar surface area (TPSA) is 79.0 Å². The van der Waals surface area contributed by atoms with E-state index in [0.717, 1.165) is 12.2 Å². The van der Waals surface area contributed by atoms with Crippen molar-refractivity contribution in [3.8, 4) is 6.07 Å². The van der Waals surface area contributed by atoms with Gasteiger partial charge in [0, 0.05) is 26.3 Å². The second-order valence-electron chi connectivity index (χ2n) is 5.78. The molecule has 1 aliphatic rings. The number of likely N-dealkylation sites (N-methyl/N-ethyl adjacent to an activating group) is 1. The third-order valence-corrected chi connectivity index (χ3v) is 4.50. The van der Waals surface area contributed by atoms with Crippen molar-refractivity contribution in [2.24, 2.45) is 7.05 Å². The largest absolute Gasteiger partial charge is 0.373 e. The van der Waals surface area contributed by atoms with E-state index in [1.54, 1.807) is 18.5 Å². The van der Waals surface area contributed by atoms with Gasteiger partial charge in [0.15, 0.2) is 5.69 Å². The average Bonchev–Trinajstić information content (AvgIpc) is 3.00. The highest BCUT2D eigenvalue weighted by molar-refractivity contribution is 6.31. The van der Waals surface area contributed by atoms with E-state index in [-0.39, 0.29) is 17.8 Å². The molecule has 7 nitrogen and oxygen atoms in total. The van der Waals surface area contributed by atoms with Gasteiger partial charge in [-0.2, -0.15) is 5.26 Å². The molecule has 1 fully saturated rings. The summed E-state index contributed by atoms with van der Waals surface area (Å²) in [6.45, 7) is 2.11. The molecular formula is C16H19ClN6O. The number of ether oxygens (including phenoxy) is 1. The first-order valence-corrected chi connectivity index (χ1v) is 8.06. The van der Waals surface area contributed by atoms with Gasteiger partial charge in [-0.3, -0.25) is 4.90 Å². The van der Waals surface area contributed by atoms with Gasteiger partial charge < -0.3 is 14.6 Å². The van der Waals surface area contributed by atoms with Crippen molar-refractivity contribution in [3.63, 3.8) is 0 Å². The zero-order valence-electron chi connectivity index (χ0n) is 13.6. The Hall–Kier alpha value is -2.14. The molecule has 1 saturated heterocycles. The maximum Gasteiger partial charge on any atom is 0.161 e. The lowest BCUT2D eigenvalue weighted by Gasteiger charge is -2.39. The quantitative estimate of drug-likeness (QED) is 0.909. The summed E-state index contributed by atoms with van der Waals surface area (Å²) in [5.74, 6) is 0.608. The number of nitriles is 1. The fourth-order valence-corrected chi connectivity index (χ4v) is 3.07. The van der Waals surface area contributed by atoms with Crippen molar-refractivity contribution >= 4 is 17.4 Å². The number of halogens is 1. The highest BCUT2D eigenvalue weighted by atomic mass is 35.5. The van der Waals surface area contributed by atoms with E-state index in [2.05, 4.69) is 27.2 Å². The van der Waals surface area contributed by atoms with Crippen LogP contribution in [0, 0.1) is 11.3 Å². The van der Waals surface area contributed by atoms with Crippen molar-refractivity contribution in [1.82, 2.24) is 19.4 Å². The molecule has 0 radical (unpaired) electrons. The Kier molecular flexibility index (Phi) is 5.00. The Balaban J connectivity index is 1.75. The Morgan fingerprint density at radius 2 is 2.29 bits per heavy atom. The highest BCUT2D eigenvalue weighted by Gasteiger charge is 2.33. The van der Waals surface area contributed by atoms with Crippen LogP contribution in [0.2, 0.25) is 5.02 Å². The van der Waals surface area contributed by atoms with Crippen LogP contribution >= 0.6 is 11.6 Å². The molecule has 2 aromatic heterocycles. The summed E-state index contributed by atoms with van der Waals surface area (Å²) in [5.41, 5.74) is 1.32. The smallest absolute Gasteiger partial charge is 0.161 e. The zero-order chi connectivity index (χ0) is 17.1. The van der Waals surface area contributed by atoms with E-state index < -0.39 is 0 Å². The molecule has 0 amide bonds. The van der Waals surface area contributed by atoms with Gasteiger partial charge in [0.1, 0.15) is 11.9 Å².